The number of fused-ring (bicyclic) bond motifs is 5. The molecule has 30 heavy (non-hydrogen) atoms. The summed E-state index contributed by atoms with van der Waals surface area (Å²) in [6.07, 6.45) is 15.0. The third-order valence-corrected chi connectivity index (χ3v) is 11.3. The van der Waals surface area contributed by atoms with Crippen LogP contribution in [-0.2, 0) is 0 Å². The fraction of sp³-hybridized carbons (Fsp3) is 1.00. The summed E-state index contributed by atoms with van der Waals surface area (Å²) in [6, 6.07) is 0. The van der Waals surface area contributed by atoms with E-state index in [1.807, 2.05) is 0 Å². The molecule has 10 atom stereocenters. The lowest BCUT2D eigenvalue weighted by atomic mass is 9.45. The van der Waals surface area contributed by atoms with Gasteiger partial charge in [-0.25, -0.2) is 0 Å². The molecule has 0 bridgehead atoms. The van der Waals surface area contributed by atoms with E-state index in [4.69, 9.17) is 0 Å². The Morgan fingerprint density at radius 2 is 1.57 bits per heavy atom. The molecular weight excluding hydrogens is 368 g/mol. The van der Waals surface area contributed by atoms with Gasteiger partial charge in [-0.05, 0) is 130 Å². The van der Waals surface area contributed by atoms with Crippen LogP contribution in [0.4, 0.5) is 0 Å². The molecule has 2 nitrogen and oxygen atoms in total. The Hall–Kier alpha value is -0.0800. The molecule has 2 N–H and O–H groups in total. The molecule has 4 aliphatic rings. The Labute approximate surface area is 186 Å². The molecule has 0 aromatic heterocycles. The van der Waals surface area contributed by atoms with Gasteiger partial charge < -0.3 is 10.2 Å². The van der Waals surface area contributed by atoms with Crippen LogP contribution in [0.3, 0.4) is 0 Å². The van der Waals surface area contributed by atoms with Crippen molar-refractivity contribution in [3.8, 4) is 0 Å². The van der Waals surface area contributed by atoms with Gasteiger partial charge in [-0.1, -0.05) is 34.6 Å². The van der Waals surface area contributed by atoms with Crippen molar-refractivity contribution in [3.05, 3.63) is 0 Å². The lowest BCUT2D eigenvalue weighted by molar-refractivity contribution is -0.140. The second kappa shape index (κ2) is 8.69. The molecular formula is C28H50O2. The van der Waals surface area contributed by atoms with Crippen molar-refractivity contribution in [1.82, 2.24) is 0 Å². The fourth-order valence-corrected chi connectivity index (χ4v) is 9.03. The number of aliphatic hydroxyl groups excluding tert-OH is 1. The second-order valence-corrected chi connectivity index (χ2v) is 12.8. The van der Waals surface area contributed by atoms with Gasteiger partial charge in [0, 0.05) is 0 Å². The van der Waals surface area contributed by atoms with Crippen LogP contribution in [-0.4, -0.2) is 21.9 Å². The predicted octanol–water partition coefficient (Wildman–Crippen LogP) is 6.83. The third-order valence-electron chi connectivity index (χ3n) is 11.3. The van der Waals surface area contributed by atoms with Crippen LogP contribution in [0.15, 0.2) is 0 Å². The van der Waals surface area contributed by atoms with Gasteiger partial charge in [0.25, 0.3) is 0 Å². The van der Waals surface area contributed by atoms with E-state index in [1.54, 1.807) is 0 Å². The molecule has 4 aliphatic carbocycles. The number of rotatable bonds is 6. The van der Waals surface area contributed by atoms with E-state index in [-0.39, 0.29) is 11.7 Å². The summed E-state index contributed by atoms with van der Waals surface area (Å²) < 4.78 is 0. The summed E-state index contributed by atoms with van der Waals surface area (Å²) in [4.78, 5) is 0. The van der Waals surface area contributed by atoms with Gasteiger partial charge in [-0.2, -0.15) is 0 Å². The molecule has 0 saturated heterocycles. The van der Waals surface area contributed by atoms with Crippen LogP contribution in [0.1, 0.15) is 112 Å². The normalized spacial score (nSPS) is 48.0. The van der Waals surface area contributed by atoms with Gasteiger partial charge in [0.2, 0.25) is 0 Å². The Morgan fingerprint density at radius 1 is 0.867 bits per heavy atom. The summed E-state index contributed by atoms with van der Waals surface area (Å²) in [5.74, 6) is 6.60. The molecule has 0 amide bonds. The van der Waals surface area contributed by atoms with Crippen LogP contribution in [0.2, 0.25) is 0 Å². The molecule has 0 unspecified atom stereocenters. The summed E-state index contributed by atoms with van der Waals surface area (Å²) in [5, 5.41) is 21.3. The van der Waals surface area contributed by atoms with Crippen molar-refractivity contribution in [3.63, 3.8) is 0 Å². The number of aliphatic hydroxyl groups is 2. The van der Waals surface area contributed by atoms with Gasteiger partial charge in [0.1, 0.15) is 0 Å². The minimum absolute atomic E-state index is 0.122. The largest absolute Gasteiger partial charge is 0.393 e. The molecule has 0 radical (unpaired) electrons. The first-order valence-corrected chi connectivity index (χ1v) is 13.6. The Morgan fingerprint density at radius 3 is 2.27 bits per heavy atom. The maximum Gasteiger partial charge on any atom is 0.0648 e. The van der Waals surface area contributed by atoms with Crippen molar-refractivity contribution < 1.29 is 10.2 Å². The monoisotopic (exact) mass is 418 g/mol. The first kappa shape index (κ1) is 23.1. The molecule has 0 spiro atoms. The van der Waals surface area contributed by atoms with E-state index in [2.05, 4.69) is 34.6 Å². The van der Waals surface area contributed by atoms with E-state index in [1.165, 1.54) is 51.4 Å². The van der Waals surface area contributed by atoms with Gasteiger partial charge in [-0.3, -0.25) is 0 Å². The zero-order valence-electron chi connectivity index (χ0n) is 20.6. The quantitative estimate of drug-likeness (QED) is 0.496. The Kier molecular flexibility index (Phi) is 6.69. The Bertz CT molecular complexity index is 587. The number of hydrogen-bond donors (Lipinski definition) is 2. The average Bonchev–Trinajstić information content (AvgIpc) is 3.16. The van der Waals surface area contributed by atoms with Crippen LogP contribution in [0, 0.1) is 52.8 Å². The topological polar surface area (TPSA) is 40.5 Å². The van der Waals surface area contributed by atoms with E-state index < -0.39 is 0 Å². The Balaban J connectivity index is 1.41. The third kappa shape index (κ3) is 4.02. The maximum atomic E-state index is 11.0. The lowest BCUT2D eigenvalue weighted by Gasteiger charge is -2.60. The molecule has 2 heteroatoms. The molecule has 4 saturated carbocycles. The van der Waals surface area contributed by atoms with Crippen molar-refractivity contribution >= 4 is 0 Å². The van der Waals surface area contributed by atoms with Crippen molar-refractivity contribution in [2.75, 3.05) is 0 Å². The second-order valence-electron chi connectivity index (χ2n) is 12.8. The van der Waals surface area contributed by atoms with Crippen LogP contribution >= 0.6 is 0 Å². The molecule has 174 valence electrons. The molecule has 4 rings (SSSR count). The van der Waals surface area contributed by atoms with Crippen molar-refractivity contribution in [2.45, 2.75) is 123 Å². The molecule has 0 aromatic rings. The zero-order valence-corrected chi connectivity index (χ0v) is 20.6. The van der Waals surface area contributed by atoms with Crippen molar-refractivity contribution in [1.29, 1.82) is 0 Å². The van der Waals surface area contributed by atoms with Gasteiger partial charge in [-0.15, -0.1) is 0 Å². The summed E-state index contributed by atoms with van der Waals surface area (Å²) >= 11 is 0. The first-order valence-electron chi connectivity index (χ1n) is 13.6. The lowest BCUT2D eigenvalue weighted by Crippen LogP contribution is -2.54. The van der Waals surface area contributed by atoms with E-state index >= 15 is 0 Å². The highest BCUT2D eigenvalue weighted by molar-refractivity contribution is 5.07. The highest BCUT2D eigenvalue weighted by Gasteiger charge is 2.58. The summed E-state index contributed by atoms with van der Waals surface area (Å²) in [5.41, 5.74) is 0.114. The smallest absolute Gasteiger partial charge is 0.0648 e. The minimum atomic E-state index is -0.372. The first-order chi connectivity index (χ1) is 14.2. The molecule has 0 heterocycles. The van der Waals surface area contributed by atoms with Crippen LogP contribution < -0.4 is 0 Å². The molecule has 4 fully saturated rings. The van der Waals surface area contributed by atoms with Crippen molar-refractivity contribution in [2.24, 2.45) is 52.8 Å². The molecule has 0 aromatic carbocycles. The highest BCUT2D eigenvalue weighted by Crippen LogP contribution is 2.65. The van der Waals surface area contributed by atoms with Gasteiger partial charge in [0.15, 0.2) is 0 Å². The molecule has 0 aliphatic heterocycles. The SMILES string of the molecule is CC[C@]1(O)CC[C@@]2(C)[C@@H](CC[C@H]3[C@@H]4CC[C@H]([C@H](C)CC[C@@H](O)C(C)C)[C@H]4CC[C@@H]32)C1. The van der Waals surface area contributed by atoms with Gasteiger partial charge in [0.05, 0.1) is 11.7 Å². The number of hydrogen-bond acceptors (Lipinski definition) is 2. The summed E-state index contributed by atoms with van der Waals surface area (Å²) in [6.45, 7) is 11.6. The minimum Gasteiger partial charge on any atom is -0.393 e. The van der Waals surface area contributed by atoms with E-state index in [9.17, 15) is 10.2 Å². The fourth-order valence-electron chi connectivity index (χ4n) is 9.03. The van der Waals surface area contributed by atoms with Crippen LogP contribution in [0.5, 0.6) is 0 Å². The average molecular weight is 419 g/mol. The van der Waals surface area contributed by atoms with E-state index in [0.717, 1.165) is 67.1 Å². The summed E-state index contributed by atoms with van der Waals surface area (Å²) in [7, 11) is 0. The zero-order chi connectivity index (χ0) is 21.7. The predicted molar refractivity (Wildman–Crippen MR) is 125 cm³/mol. The standard InChI is InChI=1S/C28H50O2/c1-6-28(30)16-15-27(5)20(17-28)8-9-24-23-11-10-21(22(23)12-13-25(24)27)19(4)7-14-26(29)18(2)3/h18-26,29-30H,6-17H2,1-5H3/t19-,20+,21-,22-,23-,24+,25+,26-,27+,28+/m1/s1. The van der Waals surface area contributed by atoms with E-state index in [0.29, 0.717) is 11.3 Å². The highest BCUT2D eigenvalue weighted by atomic mass is 16.3. The maximum absolute atomic E-state index is 11.0. The van der Waals surface area contributed by atoms with Gasteiger partial charge >= 0.3 is 0 Å². The van der Waals surface area contributed by atoms with Crippen LogP contribution in [0.25, 0.3) is 0 Å².